The van der Waals surface area contributed by atoms with Crippen molar-refractivity contribution in [3.63, 3.8) is 0 Å². The Morgan fingerprint density at radius 1 is 1.50 bits per heavy atom. The lowest BCUT2D eigenvalue weighted by Crippen LogP contribution is -2.57. The number of ether oxygens (including phenoxy) is 1. The highest BCUT2D eigenvalue weighted by Crippen LogP contribution is 2.28. The van der Waals surface area contributed by atoms with E-state index in [0.29, 0.717) is 0 Å². The van der Waals surface area contributed by atoms with Gasteiger partial charge < -0.3 is 15.4 Å². The van der Waals surface area contributed by atoms with Gasteiger partial charge in [-0.25, -0.2) is 0 Å². The number of carbonyl (C=O) groups is 1. The first-order valence-corrected chi connectivity index (χ1v) is 7.86. The normalized spacial score (nSPS) is 25.2. The summed E-state index contributed by atoms with van der Waals surface area (Å²) in [6.45, 7) is 4.51. The van der Waals surface area contributed by atoms with E-state index >= 15 is 0 Å². The van der Waals surface area contributed by atoms with Crippen LogP contribution in [0.3, 0.4) is 0 Å². The van der Waals surface area contributed by atoms with Gasteiger partial charge in [0.05, 0.1) is 12.1 Å². The largest absolute Gasteiger partial charge is 0.376 e. The van der Waals surface area contributed by atoms with Crippen molar-refractivity contribution in [2.45, 2.75) is 50.3 Å². The number of amides is 1. The molecule has 3 rings (SSSR count). The standard InChI is InChI=1S/C15H24N4O2.ClH/c1-12(13-4-2-11-21-13)18-14(20)15(5-8-16-9-6-15)19-10-3-7-17-19;/h3,7,10,12-13,16H,2,4-6,8-9,11H2,1H3,(H,18,20);1H. The minimum atomic E-state index is -0.568. The van der Waals surface area contributed by atoms with Crippen molar-refractivity contribution < 1.29 is 9.53 Å². The summed E-state index contributed by atoms with van der Waals surface area (Å²) >= 11 is 0. The maximum Gasteiger partial charge on any atom is 0.248 e. The summed E-state index contributed by atoms with van der Waals surface area (Å²) in [5, 5.41) is 10.8. The van der Waals surface area contributed by atoms with Gasteiger partial charge >= 0.3 is 0 Å². The number of nitrogens with one attached hydrogen (secondary N) is 2. The van der Waals surface area contributed by atoms with Gasteiger partial charge in [-0.05, 0) is 51.8 Å². The number of halogens is 1. The molecule has 1 aromatic heterocycles. The molecule has 2 fully saturated rings. The van der Waals surface area contributed by atoms with Crippen molar-refractivity contribution >= 4 is 18.3 Å². The molecular weight excluding hydrogens is 304 g/mol. The highest BCUT2D eigenvalue weighted by molar-refractivity contribution is 5.85. The highest BCUT2D eigenvalue weighted by Gasteiger charge is 2.43. The van der Waals surface area contributed by atoms with Crippen molar-refractivity contribution in [1.29, 1.82) is 0 Å². The number of carbonyl (C=O) groups excluding carboxylic acids is 1. The molecule has 2 unspecified atom stereocenters. The molecule has 2 saturated heterocycles. The molecule has 6 nitrogen and oxygen atoms in total. The molecule has 0 aromatic carbocycles. The molecule has 2 atom stereocenters. The molecule has 0 bridgehead atoms. The lowest BCUT2D eigenvalue weighted by atomic mass is 9.87. The lowest BCUT2D eigenvalue weighted by Gasteiger charge is -2.37. The topological polar surface area (TPSA) is 68.2 Å². The van der Waals surface area contributed by atoms with Crippen molar-refractivity contribution in [2.24, 2.45) is 0 Å². The fraction of sp³-hybridized carbons (Fsp3) is 0.733. The zero-order chi connectivity index (χ0) is 14.7. The smallest absolute Gasteiger partial charge is 0.248 e. The molecule has 0 spiro atoms. The van der Waals surface area contributed by atoms with E-state index < -0.39 is 5.54 Å². The number of nitrogens with zero attached hydrogens (tertiary/aromatic N) is 2. The van der Waals surface area contributed by atoms with Crippen LogP contribution in [0.4, 0.5) is 0 Å². The van der Waals surface area contributed by atoms with E-state index in [1.54, 1.807) is 6.20 Å². The summed E-state index contributed by atoms with van der Waals surface area (Å²) in [5.41, 5.74) is -0.568. The van der Waals surface area contributed by atoms with Gasteiger partial charge in [-0.3, -0.25) is 9.48 Å². The van der Waals surface area contributed by atoms with Crippen LogP contribution in [0, 0.1) is 0 Å². The highest BCUT2D eigenvalue weighted by atomic mass is 35.5. The molecule has 3 heterocycles. The first-order chi connectivity index (χ1) is 10.2. The van der Waals surface area contributed by atoms with Crippen LogP contribution in [0.1, 0.15) is 32.6 Å². The third-order valence-corrected chi connectivity index (χ3v) is 4.68. The monoisotopic (exact) mass is 328 g/mol. The molecule has 2 aliphatic rings. The SMILES string of the molecule is CC(NC(=O)C1(n2cccn2)CCNCC1)C1CCCO1.Cl. The summed E-state index contributed by atoms with van der Waals surface area (Å²) in [6, 6.07) is 1.92. The molecule has 0 radical (unpaired) electrons. The second-order valence-corrected chi connectivity index (χ2v) is 6.05. The minimum Gasteiger partial charge on any atom is -0.376 e. The van der Waals surface area contributed by atoms with Gasteiger partial charge in [-0.2, -0.15) is 5.10 Å². The summed E-state index contributed by atoms with van der Waals surface area (Å²) in [6.07, 6.45) is 7.40. The molecule has 22 heavy (non-hydrogen) atoms. The molecule has 1 aromatic rings. The molecule has 1 amide bonds. The number of rotatable bonds is 4. The second-order valence-electron chi connectivity index (χ2n) is 6.05. The molecule has 0 aliphatic carbocycles. The van der Waals surface area contributed by atoms with E-state index in [4.69, 9.17) is 4.74 Å². The first kappa shape index (κ1) is 17.2. The van der Waals surface area contributed by atoms with Gasteiger partial charge in [0.15, 0.2) is 0 Å². The number of piperidine rings is 1. The Labute approximate surface area is 137 Å². The quantitative estimate of drug-likeness (QED) is 0.867. The summed E-state index contributed by atoms with van der Waals surface area (Å²) in [5.74, 6) is 0.0655. The van der Waals surface area contributed by atoms with E-state index in [1.807, 2.05) is 23.9 Å². The minimum absolute atomic E-state index is 0. The first-order valence-electron chi connectivity index (χ1n) is 7.86. The van der Waals surface area contributed by atoms with Crippen molar-refractivity contribution in [3.05, 3.63) is 18.5 Å². The third-order valence-electron chi connectivity index (χ3n) is 4.68. The van der Waals surface area contributed by atoms with Gasteiger partial charge in [0.1, 0.15) is 5.54 Å². The van der Waals surface area contributed by atoms with Gasteiger partial charge in [0.2, 0.25) is 5.91 Å². The zero-order valence-corrected chi connectivity index (χ0v) is 13.8. The van der Waals surface area contributed by atoms with E-state index in [-0.39, 0.29) is 30.5 Å². The van der Waals surface area contributed by atoms with E-state index in [9.17, 15) is 4.79 Å². The van der Waals surface area contributed by atoms with Crippen LogP contribution < -0.4 is 10.6 Å². The molecular formula is C15H25ClN4O2. The fourth-order valence-corrected chi connectivity index (χ4v) is 3.35. The maximum atomic E-state index is 12.9. The maximum absolute atomic E-state index is 12.9. The van der Waals surface area contributed by atoms with Crippen LogP contribution in [0.15, 0.2) is 18.5 Å². The van der Waals surface area contributed by atoms with Crippen molar-refractivity contribution in [3.8, 4) is 0 Å². The van der Waals surface area contributed by atoms with Gasteiger partial charge in [0.25, 0.3) is 0 Å². The second kappa shape index (κ2) is 7.44. The van der Waals surface area contributed by atoms with E-state index in [2.05, 4.69) is 15.7 Å². The van der Waals surface area contributed by atoms with Crippen LogP contribution in [0.2, 0.25) is 0 Å². The van der Waals surface area contributed by atoms with Gasteiger partial charge in [-0.15, -0.1) is 12.4 Å². The van der Waals surface area contributed by atoms with Crippen LogP contribution in [0.25, 0.3) is 0 Å². The molecule has 124 valence electrons. The van der Waals surface area contributed by atoms with Crippen LogP contribution in [-0.4, -0.2) is 47.5 Å². The Hall–Kier alpha value is -1.11. The fourth-order valence-electron chi connectivity index (χ4n) is 3.35. The molecule has 7 heteroatoms. The Balaban J connectivity index is 0.00000176. The summed E-state index contributed by atoms with van der Waals surface area (Å²) in [4.78, 5) is 12.9. The van der Waals surface area contributed by atoms with Crippen LogP contribution in [0.5, 0.6) is 0 Å². The lowest BCUT2D eigenvalue weighted by molar-refractivity contribution is -0.133. The number of hydrogen-bond donors (Lipinski definition) is 2. The predicted octanol–water partition coefficient (Wildman–Crippen LogP) is 1.07. The Kier molecular flexibility index (Phi) is 5.83. The summed E-state index contributed by atoms with van der Waals surface area (Å²) < 4.78 is 7.50. The van der Waals surface area contributed by atoms with Crippen LogP contribution >= 0.6 is 12.4 Å². The van der Waals surface area contributed by atoms with Gasteiger partial charge in [0, 0.05) is 19.0 Å². The Morgan fingerprint density at radius 2 is 2.27 bits per heavy atom. The summed E-state index contributed by atoms with van der Waals surface area (Å²) in [7, 11) is 0. The zero-order valence-electron chi connectivity index (χ0n) is 13.0. The van der Waals surface area contributed by atoms with Gasteiger partial charge in [-0.1, -0.05) is 0 Å². The average molecular weight is 329 g/mol. The number of aromatic nitrogens is 2. The predicted molar refractivity (Wildman–Crippen MR) is 86.1 cm³/mol. The molecule has 0 saturated carbocycles. The Morgan fingerprint density at radius 3 is 2.86 bits per heavy atom. The molecule has 2 aliphatic heterocycles. The number of hydrogen-bond acceptors (Lipinski definition) is 4. The van der Waals surface area contributed by atoms with Crippen molar-refractivity contribution in [1.82, 2.24) is 20.4 Å². The van der Waals surface area contributed by atoms with Crippen LogP contribution in [-0.2, 0) is 15.1 Å². The molecule has 2 N–H and O–H groups in total. The van der Waals surface area contributed by atoms with E-state index in [1.165, 1.54) is 0 Å². The third kappa shape index (κ3) is 3.29. The van der Waals surface area contributed by atoms with Crippen molar-refractivity contribution in [2.75, 3.05) is 19.7 Å². The Bertz CT molecular complexity index is 468. The average Bonchev–Trinajstić information content (AvgIpc) is 3.21. The van der Waals surface area contributed by atoms with E-state index in [0.717, 1.165) is 45.4 Å².